The number of nitrogens with zero attached hydrogens (tertiary/aromatic N) is 1. The second kappa shape index (κ2) is 3.65. The first kappa shape index (κ1) is 10.2. The number of aromatic carboxylic acids is 1. The number of H-pyrrole nitrogens is 1. The van der Waals surface area contributed by atoms with E-state index in [2.05, 4.69) is 10.2 Å². The normalized spacial score (nSPS) is 10.3. The van der Waals surface area contributed by atoms with Gasteiger partial charge >= 0.3 is 5.97 Å². The van der Waals surface area contributed by atoms with Gasteiger partial charge in [0.25, 0.3) is 0 Å². The Morgan fingerprint density at radius 1 is 1.50 bits per heavy atom. The van der Waals surface area contributed by atoms with Crippen molar-refractivity contribution in [1.29, 1.82) is 0 Å². The number of carboxylic acids is 1. The van der Waals surface area contributed by atoms with Gasteiger partial charge < -0.3 is 9.84 Å². The fraction of sp³-hybridized carbons (Fsp3) is 0.100. The molecular weight excluding hydrogens is 212 g/mol. The van der Waals surface area contributed by atoms with Crippen molar-refractivity contribution in [2.24, 2.45) is 0 Å². The molecule has 2 aromatic rings. The lowest BCUT2D eigenvalue weighted by molar-refractivity contribution is 0.0688. The summed E-state index contributed by atoms with van der Waals surface area (Å²) in [6.45, 7) is 0. The maximum atomic E-state index is 11.7. The van der Waals surface area contributed by atoms with Crippen LogP contribution in [0.1, 0.15) is 10.5 Å². The lowest BCUT2D eigenvalue weighted by atomic mass is 10.2. The molecule has 0 unspecified atom stereocenters. The van der Waals surface area contributed by atoms with Crippen molar-refractivity contribution in [1.82, 2.24) is 10.2 Å². The van der Waals surface area contributed by atoms with Crippen LogP contribution < -0.4 is 10.2 Å². The highest BCUT2D eigenvalue weighted by atomic mass is 16.5. The Bertz CT molecular complexity index is 618. The molecule has 0 spiro atoms. The molecule has 6 heteroatoms. The van der Waals surface area contributed by atoms with Gasteiger partial charge in [0, 0.05) is 11.5 Å². The highest BCUT2D eigenvalue weighted by Gasteiger charge is 2.13. The van der Waals surface area contributed by atoms with Crippen molar-refractivity contribution in [3.8, 4) is 5.75 Å². The Labute approximate surface area is 89.5 Å². The van der Waals surface area contributed by atoms with Crippen molar-refractivity contribution in [3.05, 3.63) is 34.1 Å². The number of fused-ring (bicyclic) bond motifs is 1. The van der Waals surface area contributed by atoms with Crippen LogP contribution in [-0.2, 0) is 0 Å². The Kier molecular flexibility index (Phi) is 2.32. The van der Waals surface area contributed by atoms with Crippen molar-refractivity contribution >= 4 is 16.9 Å². The molecule has 0 fully saturated rings. The Balaban J connectivity index is 2.77. The van der Waals surface area contributed by atoms with Gasteiger partial charge in [0.2, 0.25) is 11.1 Å². The molecule has 0 saturated carbocycles. The number of methoxy groups -OCH3 is 1. The zero-order chi connectivity index (χ0) is 11.7. The van der Waals surface area contributed by atoms with Crippen molar-refractivity contribution in [2.45, 2.75) is 0 Å². The number of aromatic amines is 1. The average molecular weight is 220 g/mol. The van der Waals surface area contributed by atoms with Crippen molar-refractivity contribution < 1.29 is 14.6 Å². The van der Waals surface area contributed by atoms with Crippen LogP contribution in [0.4, 0.5) is 0 Å². The van der Waals surface area contributed by atoms with Gasteiger partial charge in [-0.05, 0) is 12.1 Å². The summed E-state index contributed by atoms with van der Waals surface area (Å²) in [4.78, 5) is 22.3. The molecule has 0 saturated heterocycles. The van der Waals surface area contributed by atoms with Gasteiger partial charge in [-0.25, -0.2) is 4.79 Å². The standard InChI is InChI=1S/C10H8N2O4/c1-16-5-2-3-6-7(4-5)11-12-8(9(6)13)10(14)15/h2-4H,1H3,(H,11,13)(H,14,15). The number of ether oxygens (including phenoxy) is 1. The predicted molar refractivity (Wildman–Crippen MR) is 55.9 cm³/mol. The Morgan fingerprint density at radius 2 is 2.25 bits per heavy atom. The first-order chi connectivity index (χ1) is 7.63. The van der Waals surface area contributed by atoms with Gasteiger partial charge in [-0.2, -0.15) is 5.10 Å². The number of aromatic nitrogens is 2. The molecule has 0 aliphatic carbocycles. The van der Waals surface area contributed by atoms with Crippen LogP contribution in [0.5, 0.6) is 5.75 Å². The predicted octanol–water partition coefficient (Wildman–Crippen LogP) is 0.630. The topological polar surface area (TPSA) is 92.3 Å². The fourth-order valence-corrected chi connectivity index (χ4v) is 1.38. The zero-order valence-corrected chi connectivity index (χ0v) is 8.35. The number of carbonyl (C=O) groups is 1. The summed E-state index contributed by atoms with van der Waals surface area (Å²) in [5, 5.41) is 15.0. The molecule has 6 nitrogen and oxygen atoms in total. The minimum atomic E-state index is -1.35. The number of hydrogen-bond donors (Lipinski definition) is 2. The fourth-order valence-electron chi connectivity index (χ4n) is 1.38. The maximum Gasteiger partial charge on any atom is 0.360 e. The lowest BCUT2D eigenvalue weighted by Crippen LogP contribution is -2.18. The van der Waals surface area contributed by atoms with Crippen LogP contribution in [0.25, 0.3) is 10.9 Å². The van der Waals surface area contributed by atoms with Crippen LogP contribution >= 0.6 is 0 Å². The van der Waals surface area contributed by atoms with E-state index in [1.807, 2.05) is 0 Å². The molecule has 1 aromatic heterocycles. The van der Waals surface area contributed by atoms with Crippen LogP contribution in [-0.4, -0.2) is 28.4 Å². The molecule has 1 aromatic carbocycles. The molecule has 2 N–H and O–H groups in total. The van der Waals surface area contributed by atoms with Crippen LogP contribution in [0, 0.1) is 0 Å². The quantitative estimate of drug-likeness (QED) is 0.774. The van der Waals surface area contributed by atoms with Gasteiger partial charge in [0.1, 0.15) is 5.75 Å². The first-order valence-corrected chi connectivity index (χ1v) is 4.43. The van der Waals surface area contributed by atoms with E-state index in [0.717, 1.165) is 0 Å². The van der Waals surface area contributed by atoms with E-state index in [4.69, 9.17) is 9.84 Å². The molecule has 0 aliphatic rings. The van der Waals surface area contributed by atoms with Crippen LogP contribution in [0.3, 0.4) is 0 Å². The molecule has 0 radical (unpaired) electrons. The van der Waals surface area contributed by atoms with Crippen LogP contribution in [0.2, 0.25) is 0 Å². The number of nitrogens with one attached hydrogen (secondary N) is 1. The lowest BCUT2D eigenvalue weighted by Gasteiger charge is -2.02. The van der Waals surface area contributed by atoms with Crippen LogP contribution in [0.15, 0.2) is 23.0 Å². The van der Waals surface area contributed by atoms with Crippen molar-refractivity contribution in [3.63, 3.8) is 0 Å². The molecule has 1 heterocycles. The van der Waals surface area contributed by atoms with E-state index in [1.165, 1.54) is 13.2 Å². The SMILES string of the molecule is COc1ccc2c(=O)c(C(=O)O)n[nH]c2c1. The molecule has 0 atom stereocenters. The summed E-state index contributed by atoms with van der Waals surface area (Å²) in [6, 6.07) is 4.67. The molecule has 0 bridgehead atoms. The summed E-state index contributed by atoms with van der Waals surface area (Å²) in [7, 11) is 1.50. The second-order valence-corrected chi connectivity index (χ2v) is 3.12. The summed E-state index contributed by atoms with van der Waals surface area (Å²) in [5.74, 6) is -0.785. The maximum absolute atomic E-state index is 11.7. The van der Waals surface area contributed by atoms with Gasteiger partial charge in [-0.15, -0.1) is 0 Å². The molecule has 0 amide bonds. The molecular formula is C10H8N2O4. The third-order valence-electron chi connectivity index (χ3n) is 2.18. The number of carboxylic acid groups (broad SMARTS) is 1. The average Bonchev–Trinajstić information content (AvgIpc) is 2.28. The molecule has 0 aliphatic heterocycles. The number of hydrogen-bond acceptors (Lipinski definition) is 4. The summed E-state index contributed by atoms with van der Waals surface area (Å²) < 4.78 is 4.97. The summed E-state index contributed by atoms with van der Waals surface area (Å²) in [5.41, 5.74) is -0.684. The Hall–Kier alpha value is -2.37. The van der Waals surface area contributed by atoms with E-state index in [9.17, 15) is 9.59 Å². The highest BCUT2D eigenvalue weighted by molar-refractivity contribution is 5.90. The number of rotatable bonds is 2. The molecule has 82 valence electrons. The van der Waals surface area contributed by atoms with E-state index >= 15 is 0 Å². The second-order valence-electron chi connectivity index (χ2n) is 3.12. The zero-order valence-electron chi connectivity index (χ0n) is 8.35. The number of benzene rings is 1. The molecule has 2 rings (SSSR count). The largest absolute Gasteiger partial charge is 0.497 e. The minimum Gasteiger partial charge on any atom is -0.497 e. The van der Waals surface area contributed by atoms with E-state index in [1.54, 1.807) is 12.1 Å². The third-order valence-corrected chi connectivity index (χ3v) is 2.18. The highest BCUT2D eigenvalue weighted by Crippen LogP contribution is 2.15. The van der Waals surface area contributed by atoms with E-state index in [0.29, 0.717) is 11.3 Å². The monoisotopic (exact) mass is 220 g/mol. The summed E-state index contributed by atoms with van der Waals surface area (Å²) >= 11 is 0. The first-order valence-electron chi connectivity index (χ1n) is 4.43. The third kappa shape index (κ3) is 1.50. The Morgan fingerprint density at radius 3 is 2.88 bits per heavy atom. The van der Waals surface area contributed by atoms with Crippen molar-refractivity contribution in [2.75, 3.05) is 7.11 Å². The van der Waals surface area contributed by atoms with E-state index in [-0.39, 0.29) is 5.39 Å². The van der Waals surface area contributed by atoms with Gasteiger partial charge in [-0.1, -0.05) is 0 Å². The van der Waals surface area contributed by atoms with Gasteiger partial charge in [-0.3, -0.25) is 9.89 Å². The van der Waals surface area contributed by atoms with Gasteiger partial charge in [0.15, 0.2) is 0 Å². The smallest absolute Gasteiger partial charge is 0.360 e. The van der Waals surface area contributed by atoms with E-state index < -0.39 is 17.1 Å². The minimum absolute atomic E-state index is 0.271. The van der Waals surface area contributed by atoms with Gasteiger partial charge in [0.05, 0.1) is 12.6 Å². The molecule has 16 heavy (non-hydrogen) atoms. The summed E-state index contributed by atoms with van der Waals surface area (Å²) in [6.07, 6.45) is 0.